The van der Waals surface area contributed by atoms with E-state index in [9.17, 15) is 0 Å². The van der Waals surface area contributed by atoms with Gasteiger partial charge in [0.25, 0.3) is 0 Å². The molecular formula is C13H16N2O2. The molecule has 0 saturated heterocycles. The van der Waals surface area contributed by atoms with Crippen LogP contribution in [0.2, 0.25) is 0 Å². The Hall–Kier alpha value is -1.97. The molecule has 0 saturated carbocycles. The molecule has 0 atom stereocenters. The second kappa shape index (κ2) is 4.91. The Bertz CT molecular complexity index is 474. The zero-order valence-electron chi connectivity index (χ0n) is 10.0. The molecule has 2 rings (SSSR count). The summed E-state index contributed by atoms with van der Waals surface area (Å²) >= 11 is 0. The standard InChI is InChI=1S/C13H16N2O2/c1-9(2)7-16-11-5-3-10(4-6-11)12-8-17-15-13(12)14/h3-6,8-9H,7H2,1-2H3,(H2,14,15). The molecular weight excluding hydrogens is 216 g/mol. The summed E-state index contributed by atoms with van der Waals surface area (Å²) in [6.07, 6.45) is 1.54. The lowest BCUT2D eigenvalue weighted by Crippen LogP contribution is -2.04. The van der Waals surface area contributed by atoms with Crippen molar-refractivity contribution < 1.29 is 9.26 Å². The molecule has 4 heteroatoms. The zero-order valence-corrected chi connectivity index (χ0v) is 10.0. The number of ether oxygens (including phenoxy) is 1. The van der Waals surface area contributed by atoms with Crippen molar-refractivity contribution in [2.45, 2.75) is 13.8 Å². The van der Waals surface area contributed by atoms with E-state index in [1.54, 1.807) is 6.26 Å². The lowest BCUT2D eigenvalue weighted by Gasteiger charge is -2.08. The first-order valence-electron chi connectivity index (χ1n) is 5.60. The van der Waals surface area contributed by atoms with Gasteiger partial charge in [0, 0.05) is 0 Å². The van der Waals surface area contributed by atoms with Gasteiger partial charge < -0.3 is 15.0 Å². The summed E-state index contributed by atoms with van der Waals surface area (Å²) in [7, 11) is 0. The third-order valence-electron chi connectivity index (χ3n) is 2.35. The van der Waals surface area contributed by atoms with Crippen LogP contribution >= 0.6 is 0 Å². The molecule has 2 aromatic rings. The summed E-state index contributed by atoms with van der Waals surface area (Å²) in [5, 5.41) is 3.65. The fraction of sp³-hybridized carbons (Fsp3) is 0.308. The maximum Gasteiger partial charge on any atom is 0.174 e. The monoisotopic (exact) mass is 232 g/mol. The SMILES string of the molecule is CC(C)COc1ccc(-c2conc2N)cc1. The minimum absolute atomic E-state index is 0.404. The minimum atomic E-state index is 0.404. The number of nitrogens with zero attached hydrogens (tertiary/aromatic N) is 1. The van der Waals surface area contributed by atoms with Crippen LogP contribution in [-0.2, 0) is 0 Å². The van der Waals surface area contributed by atoms with Gasteiger partial charge >= 0.3 is 0 Å². The van der Waals surface area contributed by atoms with Crippen LogP contribution in [0.25, 0.3) is 11.1 Å². The third-order valence-corrected chi connectivity index (χ3v) is 2.35. The molecule has 0 radical (unpaired) electrons. The summed E-state index contributed by atoms with van der Waals surface area (Å²) in [6, 6.07) is 7.73. The van der Waals surface area contributed by atoms with Crippen molar-refractivity contribution in [3.63, 3.8) is 0 Å². The highest BCUT2D eigenvalue weighted by Gasteiger charge is 2.06. The van der Waals surface area contributed by atoms with Crippen LogP contribution < -0.4 is 10.5 Å². The summed E-state index contributed by atoms with van der Waals surface area (Å²) in [4.78, 5) is 0. The van der Waals surface area contributed by atoms with E-state index >= 15 is 0 Å². The van der Waals surface area contributed by atoms with Crippen LogP contribution in [0.1, 0.15) is 13.8 Å². The Morgan fingerprint density at radius 3 is 2.53 bits per heavy atom. The molecule has 17 heavy (non-hydrogen) atoms. The molecule has 0 amide bonds. The van der Waals surface area contributed by atoms with Gasteiger partial charge in [0.15, 0.2) is 5.82 Å². The van der Waals surface area contributed by atoms with Crippen molar-refractivity contribution in [2.75, 3.05) is 12.3 Å². The summed E-state index contributed by atoms with van der Waals surface area (Å²) in [5.41, 5.74) is 7.45. The van der Waals surface area contributed by atoms with Gasteiger partial charge in [0.05, 0.1) is 12.2 Å². The molecule has 1 heterocycles. The van der Waals surface area contributed by atoms with E-state index in [1.807, 2.05) is 24.3 Å². The summed E-state index contributed by atoms with van der Waals surface area (Å²) in [6.45, 7) is 4.95. The first kappa shape index (κ1) is 11.5. The number of benzene rings is 1. The molecule has 2 N–H and O–H groups in total. The molecule has 0 aliphatic carbocycles. The van der Waals surface area contributed by atoms with E-state index in [1.165, 1.54) is 0 Å². The van der Waals surface area contributed by atoms with Gasteiger partial charge in [-0.3, -0.25) is 0 Å². The Balaban J connectivity index is 2.11. The topological polar surface area (TPSA) is 61.3 Å². The van der Waals surface area contributed by atoms with E-state index < -0.39 is 0 Å². The number of anilines is 1. The first-order valence-corrected chi connectivity index (χ1v) is 5.60. The number of aromatic nitrogens is 1. The van der Waals surface area contributed by atoms with Crippen molar-refractivity contribution in [1.29, 1.82) is 0 Å². The van der Waals surface area contributed by atoms with Crippen molar-refractivity contribution in [3.8, 4) is 16.9 Å². The highest BCUT2D eigenvalue weighted by Crippen LogP contribution is 2.26. The predicted molar refractivity (Wildman–Crippen MR) is 66.7 cm³/mol. The third kappa shape index (κ3) is 2.78. The molecule has 0 aliphatic rings. The van der Waals surface area contributed by atoms with Crippen LogP contribution in [-0.4, -0.2) is 11.8 Å². The van der Waals surface area contributed by atoms with Crippen molar-refractivity contribution >= 4 is 5.82 Å². The van der Waals surface area contributed by atoms with Crippen LogP contribution in [0.4, 0.5) is 5.82 Å². The van der Waals surface area contributed by atoms with E-state index in [0.29, 0.717) is 11.7 Å². The molecule has 0 bridgehead atoms. The van der Waals surface area contributed by atoms with Gasteiger partial charge in [-0.1, -0.05) is 31.1 Å². The van der Waals surface area contributed by atoms with Crippen molar-refractivity contribution in [1.82, 2.24) is 5.16 Å². The predicted octanol–water partition coefficient (Wildman–Crippen LogP) is 2.96. The fourth-order valence-corrected chi connectivity index (χ4v) is 1.45. The number of nitrogen functional groups attached to an aromatic ring is 1. The van der Waals surface area contributed by atoms with Crippen LogP contribution in [0.5, 0.6) is 5.75 Å². The second-order valence-electron chi connectivity index (χ2n) is 4.34. The van der Waals surface area contributed by atoms with Gasteiger partial charge in [-0.2, -0.15) is 0 Å². The quantitative estimate of drug-likeness (QED) is 0.880. The number of hydrogen-bond donors (Lipinski definition) is 1. The van der Waals surface area contributed by atoms with Gasteiger partial charge in [0.2, 0.25) is 0 Å². The second-order valence-corrected chi connectivity index (χ2v) is 4.34. The normalized spacial score (nSPS) is 10.8. The molecule has 4 nitrogen and oxygen atoms in total. The maximum absolute atomic E-state index is 5.67. The van der Waals surface area contributed by atoms with Gasteiger partial charge in [-0.05, 0) is 23.6 Å². The van der Waals surface area contributed by atoms with Crippen LogP contribution in [0.3, 0.4) is 0 Å². The molecule has 1 aromatic heterocycles. The largest absolute Gasteiger partial charge is 0.493 e. The first-order chi connectivity index (χ1) is 8.16. The summed E-state index contributed by atoms with van der Waals surface area (Å²) in [5.74, 6) is 1.78. The lowest BCUT2D eigenvalue weighted by molar-refractivity contribution is 0.271. The highest BCUT2D eigenvalue weighted by atomic mass is 16.5. The van der Waals surface area contributed by atoms with E-state index in [-0.39, 0.29) is 0 Å². The zero-order chi connectivity index (χ0) is 12.3. The maximum atomic E-state index is 5.67. The molecule has 0 aliphatic heterocycles. The van der Waals surface area contributed by atoms with Crippen LogP contribution in [0, 0.1) is 5.92 Å². The smallest absolute Gasteiger partial charge is 0.174 e. The number of nitrogens with two attached hydrogens (primary N) is 1. The van der Waals surface area contributed by atoms with Crippen molar-refractivity contribution in [3.05, 3.63) is 30.5 Å². The average molecular weight is 232 g/mol. The fourth-order valence-electron chi connectivity index (χ4n) is 1.45. The van der Waals surface area contributed by atoms with E-state index in [0.717, 1.165) is 23.5 Å². The van der Waals surface area contributed by atoms with E-state index in [4.69, 9.17) is 15.0 Å². The number of rotatable bonds is 4. The average Bonchev–Trinajstić information content (AvgIpc) is 2.73. The molecule has 0 fully saturated rings. The van der Waals surface area contributed by atoms with Gasteiger partial charge in [0.1, 0.15) is 12.0 Å². The Morgan fingerprint density at radius 2 is 2.00 bits per heavy atom. The molecule has 0 unspecified atom stereocenters. The van der Waals surface area contributed by atoms with Gasteiger partial charge in [-0.15, -0.1) is 0 Å². The van der Waals surface area contributed by atoms with Crippen LogP contribution in [0.15, 0.2) is 35.1 Å². The molecule has 0 spiro atoms. The van der Waals surface area contributed by atoms with E-state index in [2.05, 4.69) is 19.0 Å². The molecule has 1 aromatic carbocycles. The van der Waals surface area contributed by atoms with Gasteiger partial charge in [-0.25, -0.2) is 0 Å². The summed E-state index contributed by atoms with van der Waals surface area (Å²) < 4.78 is 10.4. The Kier molecular flexibility index (Phi) is 3.32. The highest BCUT2D eigenvalue weighted by molar-refractivity contribution is 5.72. The number of hydrogen-bond acceptors (Lipinski definition) is 4. The Morgan fingerprint density at radius 1 is 1.29 bits per heavy atom. The van der Waals surface area contributed by atoms with Crippen molar-refractivity contribution in [2.24, 2.45) is 5.92 Å². The molecule has 90 valence electrons. The lowest BCUT2D eigenvalue weighted by atomic mass is 10.1. The minimum Gasteiger partial charge on any atom is -0.493 e. The Labute approximate surface area is 100 Å².